The van der Waals surface area contributed by atoms with Gasteiger partial charge in [0.1, 0.15) is 29.8 Å². The zero-order valence-corrected chi connectivity index (χ0v) is 20.8. The topological polar surface area (TPSA) is 60.0 Å². The Bertz CT molecular complexity index is 1030. The molecule has 3 atom stereocenters. The monoisotopic (exact) mass is 483 g/mol. The minimum Gasteiger partial charge on any atom is -0.489 e. The normalized spacial score (nSPS) is 19.3. The first-order valence-electron chi connectivity index (χ1n) is 11.5. The van der Waals surface area contributed by atoms with E-state index in [9.17, 15) is 5.11 Å². The highest BCUT2D eigenvalue weighted by Crippen LogP contribution is 2.39. The molecule has 1 aliphatic heterocycles. The molecule has 0 bridgehead atoms. The number of aliphatic hydroxyl groups excluding tert-OH is 1. The third kappa shape index (κ3) is 6.10. The maximum absolute atomic E-state index is 10.9. The highest BCUT2D eigenvalue weighted by molar-refractivity contribution is 5.85. The number of rotatable bonds is 9. The molecule has 0 saturated carbocycles. The van der Waals surface area contributed by atoms with E-state index in [1.807, 2.05) is 68.4 Å². The van der Waals surface area contributed by atoms with Gasteiger partial charge in [0.05, 0.1) is 12.1 Å². The van der Waals surface area contributed by atoms with Gasteiger partial charge in [0.25, 0.3) is 0 Å². The first-order chi connectivity index (χ1) is 16.0. The zero-order chi connectivity index (χ0) is 23.3. The van der Waals surface area contributed by atoms with Crippen LogP contribution in [0.5, 0.6) is 11.5 Å². The van der Waals surface area contributed by atoms with Gasteiger partial charge in [-0.05, 0) is 56.1 Å². The van der Waals surface area contributed by atoms with Crippen LogP contribution in [0.1, 0.15) is 49.1 Å². The van der Waals surface area contributed by atoms with Crippen LogP contribution in [-0.2, 0) is 11.3 Å². The fraction of sp³-hybridized carbons (Fsp3) is 0.357. The molecule has 3 unspecified atom stereocenters. The Morgan fingerprint density at radius 2 is 1.65 bits per heavy atom. The van der Waals surface area contributed by atoms with Crippen molar-refractivity contribution in [2.24, 2.45) is 0 Å². The van der Waals surface area contributed by atoms with Gasteiger partial charge in [-0.25, -0.2) is 0 Å². The van der Waals surface area contributed by atoms with Crippen LogP contribution >= 0.6 is 12.4 Å². The Labute approximate surface area is 208 Å². The summed E-state index contributed by atoms with van der Waals surface area (Å²) in [6, 6.07) is 25.9. The van der Waals surface area contributed by atoms with Crippen molar-refractivity contribution >= 4 is 12.4 Å². The van der Waals surface area contributed by atoms with E-state index in [1.54, 1.807) is 7.11 Å². The van der Waals surface area contributed by atoms with Gasteiger partial charge in [-0.1, -0.05) is 60.7 Å². The van der Waals surface area contributed by atoms with Crippen molar-refractivity contribution in [3.63, 3.8) is 0 Å². The van der Waals surface area contributed by atoms with E-state index in [2.05, 4.69) is 29.6 Å². The van der Waals surface area contributed by atoms with Crippen LogP contribution in [0.3, 0.4) is 0 Å². The maximum atomic E-state index is 10.9. The minimum atomic E-state index is -0.664. The molecule has 0 amide bonds. The lowest BCUT2D eigenvalue weighted by atomic mass is 9.86. The molecule has 3 aromatic rings. The molecule has 1 heterocycles. The first kappa shape index (κ1) is 26.0. The van der Waals surface area contributed by atoms with Crippen LogP contribution in [0.15, 0.2) is 78.9 Å². The number of halogens is 1. The number of methoxy groups -OCH3 is 1. The largest absolute Gasteiger partial charge is 0.489 e. The quantitative estimate of drug-likeness (QED) is 0.413. The van der Waals surface area contributed by atoms with Gasteiger partial charge in [-0.2, -0.15) is 0 Å². The molecule has 3 aromatic carbocycles. The van der Waals surface area contributed by atoms with E-state index in [4.69, 9.17) is 14.2 Å². The third-order valence-corrected chi connectivity index (χ3v) is 6.21. The Balaban J connectivity index is 0.00000324. The third-order valence-electron chi connectivity index (χ3n) is 6.21. The molecule has 6 heteroatoms. The van der Waals surface area contributed by atoms with Crippen molar-refractivity contribution in [2.75, 3.05) is 13.7 Å². The van der Waals surface area contributed by atoms with Gasteiger partial charge < -0.3 is 24.6 Å². The SMILES string of the molecule is COC(CCNC1c2ccccc2OC(C)(C)C1O)c1ccc(OCc2ccccc2)cc1.Cl. The van der Waals surface area contributed by atoms with Crippen molar-refractivity contribution in [2.45, 2.75) is 50.7 Å². The summed E-state index contributed by atoms with van der Waals surface area (Å²) in [6.45, 7) is 5.07. The van der Waals surface area contributed by atoms with Gasteiger partial charge in [-0.3, -0.25) is 0 Å². The lowest BCUT2D eigenvalue weighted by Crippen LogP contribution is -2.52. The van der Waals surface area contributed by atoms with Crippen LogP contribution in [0, 0.1) is 0 Å². The van der Waals surface area contributed by atoms with Crippen LogP contribution in [-0.4, -0.2) is 30.5 Å². The maximum Gasteiger partial charge on any atom is 0.131 e. The number of fused-ring (bicyclic) bond motifs is 1. The second kappa shape index (κ2) is 11.7. The molecule has 182 valence electrons. The summed E-state index contributed by atoms with van der Waals surface area (Å²) < 4.78 is 17.7. The Kier molecular flexibility index (Phi) is 8.97. The highest BCUT2D eigenvalue weighted by atomic mass is 35.5. The minimum absolute atomic E-state index is 0. The lowest BCUT2D eigenvalue weighted by molar-refractivity contribution is -0.0649. The molecule has 1 aliphatic rings. The Morgan fingerprint density at radius 1 is 0.971 bits per heavy atom. The zero-order valence-electron chi connectivity index (χ0n) is 19.9. The number of ether oxygens (including phenoxy) is 3. The molecular formula is C28H34ClNO4. The summed E-state index contributed by atoms with van der Waals surface area (Å²) >= 11 is 0. The molecule has 0 aromatic heterocycles. The predicted molar refractivity (Wildman–Crippen MR) is 137 cm³/mol. The first-order valence-corrected chi connectivity index (χ1v) is 11.5. The van der Waals surface area contributed by atoms with Crippen LogP contribution in [0.25, 0.3) is 0 Å². The van der Waals surface area contributed by atoms with Gasteiger partial charge in [0, 0.05) is 12.7 Å². The lowest BCUT2D eigenvalue weighted by Gasteiger charge is -2.42. The van der Waals surface area contributed by atoms with E-state index in [1.165, 1.54) is 0 Å². The summed E-state index contributed by atoms with van der Waals surface area (Å²) in [7, 11) is 1.73. The van der Waals surface area contributed by atoms with E-state index in [0.717, 1.165) is 34.6 Å². The number of hydrogen-bond acceptors (Lipinski definition) is 5. The van der Waals surface area contributed by atoms with E-state index in [0.29, 0.717) is 13.2 Å². The van der Waals surface area contributed by atoms with E-state index >= 15 is 0 Å². The van der Waals surface area contributed by atoms with Crippen molar-refractivity contribution in [1.82, 2.24) is 5.32 Å². The van der Waals surface area contributed by atoms with Crippen LogP contribution in [0.2, 0.25) is 0 Å². The van der Waals surface area contributed by atoms with Crippen LogP contribution < -0.4 is 14.8 Å². The number of aliphatic hydroxyl groups is 1. The van der Waals surface area contributed by atoms with Crippen LogP contribution in [0.4, 0.5) is 0 Å². The summed E-state index contributed by atoms with van der Waals surface area (Å²) in [5, 5.41) is 14.4. The molecule has 5 nitrogen and oxygen atoms in total. The summed E-state index contributed by atoms with van der Waals surface area (Å²) in [5.41, 5.74) is 2.56. The number of nitrogens with one attached hydrogen (secondary N) is 1. The van der Waals surface area contributed by atoms with Gasteiger partial charge in [0.15, 0.2) is 0 Å². The standard InChI is InChI=1S/C28H33NO4.ClH/c1-28(2)27(30)26(23-11-7-8-12-25(23)33-28)29-18-17-24(31-3)21-13-15-22(16-14-21)32-19-20-9-5-4-6-10-20;/h4-16,24,26-27,29-30H,17-19H2,1-3H3;1H. The summed E-state index contributed by atoms with van der Waals surface area (Å²) in [5.74, 6) is 1.65. The number of para-hydroxylation sites is 1. The highest BCUT2D eigenvalue weighted by Gasteiger charge is 2.42. The van der Waals surface area contributed by atoms with Crippen molar-refractivity contribution in [1.29, 1.82) is 0 Å². The smallest absolute Gasteiger partial charge is 0.131 e. The second-order valence-corrected chi connectivity index (χ2v) is 8.98. The molecule has 0 radical (unpaired) electrons. The Morgan fingerprint density at radius 3 is 2.35 bits per heavy atom. The van der Waals surface area contributed by atoms with E-state index < -0.39 is 11.7 Å². The molecule has 0 fully saturated rings. The molecule has 0 aliphatic carbocycles. The van der Waals surface area contributed by atoms with Gasteiger partial charge in [-0.15, -0.1) is 12.4 Å². The molecular weight excluding hydrogens is 450 g/mol. The summed E-state index contributed by atoms with van der Waals surface area (Å²) in [4.78, 5) is 0. The van der Waals surface area contributed by atoms with Crippen molar-refractivity contribution in [3.05, 3.63) is 95.6 Å². The molecule has 2 N–H and O–H groups in total. The van der Waals surface area contributed by atoms with Gasteiger partial charge >= 0.3 is 0 Å². The average molecular weight is 484 g/mol. The van der Waals surface area contributed by atoms with Crippen molar-refractivity contribution in [3.8, 4) is 11.5 Å². The van der Waals surface area contributed by atoms with Gasteiger partial charge in [0.2, 0.25) is 0 Å². The fourth-order valence-corrected chi connectivity index (χ4v) is 4.28. The molecule has 34 heavy (non-hydrogen) atoms. The second-order valence-electron chi connectivity index (χ2n) is 8.98. The fourth-order valence-electron chi connectivity index (χ4n) is 4.28. The van der Waals surface area contributed by atoms with Crippen molar-refractivity contribution < 1.29 is 19.3 Å². The Hall–Kier alpha value is -2.57. The summed E-state index contributed by atoms with van der Waals surface area (Å²) in [6.07, 6.45) is 0.0586. The van der Waals surface area contributed by atoms with E-state index in [-0.39, 0.29) is 24.6 Å². The number of hydrogen-bond donors (Lipinski definition) is 2. The number of benzene rings is 3. The molecule has 0 spiro atoms. The molecule has 4 rings (SSSR count). The molecule has 0 saturated heterocycles. The average Bonchev–Trinajstić information content (AvgIpc) is 2.83. The predicted octanol–water partition coefficient (Wildman–Crippen LogP) is 5.63.